The summed E-state index contributed by atoms with van der Waals surface area (Å²) in [5.74, 6) is 0.996. The smallest absolute Gasteiger partial charge is 0.0619 e. The van der Waals surface area contributed by atoms with E-state index < -0.39 is 0 Å². The van der Waals surface area contributed by atoms with Gasteiger partial charge in [-0.1, -0.05) is 46.0 Å². The minimum Gasteiger partial charge on any atom is -0.380 e. The van der Waals surface area contributed by atoms with Crippen LogP contribution in [0.5, 0.6) is 0 Å². The molecule has 1 rings (SSSR count). The number of hydrogen-bond acceptors (Lipinski definition) is 2. The summed E-state index contributed by atoms with van der Waals surface area (Å²) < 4.78 is 5.67. The first-order chi connectivity index (χ1) is 8.36. The van der Waals surface area contributed by atoms with Gasteiger partial charge < -0.3 is 10.1 Å². The highest BCUT2D eigenvalue weighted by Crippen LogP contribution is 2.27. The molecule has 1 saturated carbocycles. The van der Waals surface area contributed by atoms with Gasteiger partial charge in [0, 0.05) is 12.6 Å². The van der Waals surface area contributed by atoms with Gasteiger partial charge in [-0.25, -0.2) is 0 Å². The summed E-state index contributed by atoms with van der Waals surface area (Å²) in [6, 6.07) is 0.577. The van der Waals surface area contributed by atoms with Crippen LogP contribution in [-0.2, 0) is 4.74 Å². The lowest BCUT2D eigenvalue weighted by Crippen LogP contribution is -2.34. The average molecular weight is 241 g/mol. The average Bonchev–Trinajstić information content (AvgIpc) is 2.37. The van der Waals surface area contributed by atoms with Gasteiger partial charge in [-0.05, 0) is 31.7 Å². The fourth-order valence-corrected chi connectivity index (χ4v) is 2.82. The molecule has 0 spiro atoms. The Morgan fingerprint density at radius 2 is 1.94 bits per heavy atom. The number of nitrogens with one attached hydrogen (secondary N) is 1. The summed E-state index contributed by atoms with van der Waals surface area (Å²) in [5, 5.41) is 3.56. The Balaban J connectivity index is 2.13. The summed E-state index contributed by atoms with van der Waals surface area (Å²) in [4.78, 5) is 0. The third-order valence-corrected chi connectivity index (χ3v) is 3.81. The third-order valence-electron chi connectivity index (χ3n) is 3.81. The van der Waals surface area contributed by atoms with Crippen molar-refractivity contribution in [3.8, 4) is 0 Å². The Morgan fingerprint density at radius 3 is 2.59 bits per heavy atom. The maximum Gasteiger partial charge on any atom is 0.0619 e. The predicted molar refractivity (Wildman–Crippen MR) is 74.4 cm³/mol. The number of rotatable bonds is 9. The van der Waals surface area contributed by atoms with Crippen LogP contribution in [0.2, 0.25) is 0 Å². The molecule has 17 heavy (non-hydrogen) atoms. The maximum atomic E-state index is 5.67. The topological polar surface area (TPSA) is 21.3 Å². The van der Waals surface area contributed by atoms with E-state index in [9.17, 15) is 0 Å². The van der Waals surface area contributed by atoms with Gasteiger partial charge in [-0.2, -0.15) is 0 Å². The first-order valence-electron chi connectivity index (χ1n) is 7.68. The van der Waals surface area contributed by atoms with Gasteiger partial charge in [0.1, 0.15) is 0 Å². The molecule has 0 bridgehead atoms. The summed E-state index contributed by atoms with van der Waals surface area (Å²) >= 11 is 0. The number of likely N-dealkylation sites (N-methyl/N-ethyl adjacent to an activating group) is 1. The van der Waals surface area contributed by atoms with E-state index in [4.69, 9.17) is 4.74 Å². The van der Waals surface area contributed by atoms with Crippen molar-refractivity contribution in [1.29, 1.82) is 0 Å². The third kappa shape index (κ3) is 7.05. The molecule has 0 aromatic rings. The van der Waals surface area contributed by atoms with E-state index in [0.717, 1.165) is 32.1 Å². The van der Waals surface area contributed by atoms with Crippen molar-refractivity contribution in [1.82, 2.24) is 5.32 Å². The zero-order valence-electron chi connectivity index (χ0n) is 11.8. The maximum absolute atomic E-state index is 5.67. The van der Waals surface area contributed by atoms with Crippen LogP contribution in [0, 0.1) is 5.92 Å². The summed E-state index contributed by atoms with van der Waals surface area (Å²) in [6.07, 6.45) is 11.1. The molecule has 1 unspecified atom stereocenters. The van der Waals surface area contributed by atoms with Crippen LogP contribution in [-0.4, -0.2) is 25.8 Å². The fourth-order valence-electron chi connectivity index (χ4n) is 2.82. The van der Waals surface area contributed by atoms with Crippen molar-refractivity contribution in [2.75, 3.05) is 19.8 Å². The van der Waals surface area contributed by atoms with Crippen LogP contribution in [0.4, 0.5) is 0 Å². The highest BCUT2D eigenvalue weighted by molar-refractivity contribution is 4.71. The van der Waals surface area contributed by atoms with E-state index >= 15 is 0 Å². The zero-order chi connectivity index (χ0) is 12.3. The normalized spacial score (nSPS) is 19.4. The molecule has 1 N–H and O–H groups in total. The van der Waals surface area contributed by atoms with Gasteiger partial charge in [-0.15, -0.1) is 0 Å². The Morgan fingerprint density at radius 1 is 1.18 bits per heavy atom. The zero-order valence-corrected chi connectivity index (χ0v) is 11.8. The van der Waals surface area contributed by atoms with Crippen LogP contribution in [0.1, 0.15) is 65.2 Å². The molecule has 1 fully saturated rings. The molecule has 0 aromatic carbocycles. The quantitative estimate of drug-likeness (QED) is 0.621. The number of hydrogen-bond donors (Lipinski definition) is 1. The Bertz CT molecular complexity index is 166. The van der Waals surface area contributed by atoms with Crippen molar-refractivity contribution < 1.29 is 4.74 Å². The molecule has 0 radical (unpaired) electrons. The molecule has 102 valence electrons. The number of ether oxygens (including phenoxy) is 1. The molecule has 0 aliphatic heterocycles. The molecule has 0 saturated heterocycles. The van der Waals surface area contributed by atoms with Gasteiger partial charge in [0.25, 0.3) is 0 Å². The lowest BCUT2D eigenvalue weighted by molar-refractivity contribution is 0.107. The van der Waals surface area contributed by atoms with Crippen molar-refractivity contribution in [3.05, 3.63) is 0 Å². The summed E-state index contributed by atoms with van der Waals surface area (Å²) in [7, 11) is 0. The Kier molecular flexibility index (Phi) is 8.72. The van der Waals surface area contributed by atoms with E-state index in [0.29, 0.717) is 6.04 Å². The second-order valence-electron chi connectivity index (χ2n) is 5.41. The predicted octanol–water partition coefficient (Wildman–Crippen LogP) is 3.75. The molecule has 2 heteroatoms. The van der Waals surface area contributed by atoms with E-state index in [1.54, 1.807) is 0 Å². The first-order valence-corrected chi connectivity index (χ1v) is 7.68. The van der Waals surface area contributed by atoms with Gasteiger partial charge in [0.15, 0.2) is 0 Å². The first kappa shape index (κ1) is 15.0. The minimum absolute atomic E-state index is 0.577. The fraction of sp³-hybridized carbons (Fsp3) is 1.00. The largest absolute Gasteiger partial charge is 0.380 e. The lowest BCUT2D eigenvalue weighted by atomic mass is 9.85. The second-order valence-corrected chi connectivity index (χ2v) is 5.41. The lowest BCUT2D eigenvalue weighted by Gasteiger charge is -2.24. The molecule has 2 nitrogen and oxygen atoms in total. The monoisotopic (exact) mass is 241 g/mol. The van der Waals surface area contributed by atoms with Gasteiger partial charge >= 0.3 is 0 Å². The Labute approximate surface area is 108 Å². The van der Waals surface area contributed by atoms with E-state index in [1.165, 1.54) is 44.9 Å². The molecule has 0 amide bonds. The van der Waals surface area contributed by atoms with E-state index in [1.807, 2.05) is 0 Å². The SMILES string of the molecule is CCCOCC(CCC1CCCCC1)NCC. The Hall–Kier alpha value is -0.0800. The van der Waals surface area contributed by atoms with Crippen molar-refractivity contribution in [2.24, 2.45) is 5.92 Å². The highest BCUT2D eigenvalue weighted by atomic mass is 16.5. The minimum atomic E-state index is 0.577. The van der Waals surface area contributed by atoms with Crippen molar-refractivity contribution in [2.45, 2.75) is 71.3 Å². The van der Waals surface area contributed by atoms with Gasteiger partial charge in [0.2, 0.25) is 0 Å². The van der Waals surface area contributed by atoms with Crippen molar-refractivity contribution in [3.63, 3.8) is 0 Å². The summed E-state index contributed by atoms with van der Waals surface area (Å²) in [6.45, 7) is 7.22. The molecule has 0 heterocycles. The van der Waals surface area contributed by atoms with E-state index in [-0.39, 0.29) is 0 Å². The molecule has 1 aliphatic rings. The van der Waals surface area contributed by atoms with Crippen LogP contribution in [0.15, 0.2) is 0 Å². The molecule has 0 aromatic heterocycles. The highest BCUT2D eigenvalue weighted by Gasteiger charge is 2.15. The van der Waals surface area contributed by atoms with E-state index in [2.05, 4.69) is 19.2 Å². The van der Waals surface area contributed by atoms with Gasteiger partial charge in [0.05, 0.1) is 6.61 Å². The van der Waals surface area contributed by atoms with Crippen LogP contribution in [0.3, 0.4) is 0 Å². The van der Waals surface area contributed by atoms with Crippen LogP contribution in [0.25, 0.3) is 0 Å². The molecule has 1 aliphatic carbocycles. The van der Waals surface area contributed by atoms with Crippen LogP contribution >= 0.6 is 0 Å². The van der Waals surface area contributed by atoms with Gasteiger partial charge in [-0.3, -0.25) is 0 Å². The molecular formula is C15H31NO. The molecular weight excluding hydrogens is 210 g/mol. The molecule has 1 atom stereocenters. The second kappa shape index (κ2) is 9.90. The standard InChI is InChI=1S/C15H31NO/c1-3-12-17-13-15(16-4-2)11-10-14-8-6-5-7-9-14/h14-16H,3-13H2,1-2H3. The van der Waals surface area contributed by atoms with Crippen molar-refractivity contribution >= 4 is 0 Å². The van der Waals surface area contributed by atoms with Crippen LogP contribution < -0.4 is 5.32 Å². The summed E-state index contributed by atoms with van der Waals surface area (Å²) in [5.41, 5.74) is 0.